The van der Waals surface area contributed by atoms with Crippen molar-refractivity contribution in [1.82, 2.24) is 0 Å². The van der Waals surface area contributed by atoms with Crippen molar-refractivity contribution in [3.05, 3.63) is 65.2 Å². The molecule has 0 unspecified atom stereocenters. The summed E-state index contributed by atoms with van der Waals surface area (Å²) in [5.41, 5.74) is 5.78. The van der Waals surface area contributed by atoms with Gasteiger partial charge < -0.3 is 10.8 Å². The van der Waals surface area contributed by atoms with E-state index in [1.165, 1.54) is 0 Å². The van der Waals surface area contributed by atoms with Crippen LogP contribution in [0.25, 0.3) is 0 Å². The molecule has 23 heavy (non-hydrogen) atoms. The van der Waals surface area contributed by atoms with Gasteiger partial charge in [-0.1, -0.05) is 41.9 Å². The predicted octanol–water partition coefficient (Wildman–Crippen LogP) is 2.22. The van der Waals surface area contributed by atoms with Crippen LogP contribution in [-0.2, 0) is 9.84 Å². The van der Waals surface area contributed by atoms with E-state index >= 15 is 0 Å². The lowest BCUT2D eigenvalue weighted by molar-refractivity contribution is 0.212. The predicted molar refractivity (Wildman–Crippen MR) is 90.2 cm³/mol. The summed E-state index contributed by atoms with van der Waals surface area (Å²) in [6.07, 6.45) is 0. The Balaban J connectivity index is 2.07. The van der Waals surface area contributed by atoms with Crippen LogP contribution >= 0.6 is 11.6 Å². The molecule has 0 amide bonds. The van der Waals surface area contributed by atoms with Crippen LogP contribution in [0.15, 0.2) is 59.5 Å². The molecule has 1 aliphatic carbocycles. The Morgan fingerprint density at radius 1 is 1.13 bits per heavy atom. The molecule has 1 fully saturated rings. The third-order valence-electron chi connectivity index (χ3n) is 4.67. The number of aliphatic hydroxyl groups excluding tert-OH is 1. The molecule has 122 valence electrons. The smallest absolute Gasteiger partial charge is 0.182 e. The van der Waals surface area contributed by atoms with Crippen molar-refractivity contribution in [2.24, 2.45) is 11.1 Å². The number of hydrogen-bond donors (Lipinski definition) is 2. The summed E-state index contributed by atoms with van der Waals surface area (Å²) in [6, 6.07) is 15.4. The van der Waals surface area contributed by atoms with Crippen molar-refractivity contribution in [1.29, 1.82) is 0 Å². The van der Waals surface area contributed by atoms with Crippen LogP contribution in [0.3, 0.4) is 0 Å². The van der Waals surface area contributed by atoms with Gasteiger partial charge in [0.05, 0.1) is 16.8 Å². The van der Waals surface area contributed by atoms with Crippen LogP contribution in [0.1, 0.15) is 11.5 Å². The van der Waals surface area contributed by atoms with E-state index in [0.717, 1.165) is 5.56 Å². The SMILES string of the molecule is NC[C@]1(CO)[C@@H](c2cccc(Cl)c2)[C@@H]1S(=O)(=O)c1ccccc1. The van der Waals surface area contributed by atoms with Gasteiger partial charge in [0.2, 0.25) is 0 Å². The first kappa shape index (κ1) is 16.5. The van der Waals surface area contributed by atoms with E-state index < -0.39 is 20.5 Å². The molecule has 2 aromatic rings. The summed E-state index contributed by atoms with van der Waals surface area (Å²) in [6.45, 7) is -0.186. The van der Waals surface area contributed by atoms with E-state index in [1.807, 2.05) is 6.07 Å². The zero-order valence-electron chi connectivity index (χ0n) is 12.4. The highest BCUT2D eigenvalue weighted by Gasteiger charge is 2.70. The van der Waals surface area contributed by atoms with Gasteiger partial charge in [-0.05, 0) is 29.8 Å². The van der Waals surface area contributed by atoms with Crippen LogP contribution in [0.4, 0.5) is 0 Å². The Morgan fingerprint density at radius 2 is 1.83 bits per heavy atom. The van der Waals surface area contributed by atoms with Crippen LogP contribution in [0.2, 0.25) is 5.02 Å². The lowest BCUT2D eigenvalue weighted by atomic mass is 10.0. The maximum Gasteiger partial charge on any atom is 0.182 e. The molecule has 6 heteroatoms. The number of aliphatic hydroxyl groups is 1. The fourth-order valence-electron chi connectivity index (χ4n) is 3.40. The van der Waals surface area contributed by atoms with Gasteiger partial charge in [-0.3, -0.25) is 0 Å². The largest absolute Gasteiger partial charge is 0.396 e. The minimum absolute atomic E-state index is 0.0947. The Hall–Kier alpha value is -1.40. The number of hydrogen-bond acceptors (Lipinski definition) is 4. The maximum absolute atomic E-state index is 13.0. The zero-order valence-corrected chi connectivity index (χ0v) is 14.0. The van der Waals surface area contributed by atoms with Crippen molar-refractivity contribution in [2.75, 3.05) is 13.2 Å². The van der Waals surface area contributed by atoms with Gasteiger partial charge in [-0.15, -0.1) is 0 Å². The molecule has 4 nitrogen and oxygen atoms in total. The normalized spacial score (nSPS) is 26.9. The molecular weight excluding hydrogens is 334 g/mol. The minimum atomic E-state index is -3.59. The number of nitrogens with two attached hydrogens (primary N) is 1. The number of sulfone groups is 1. The van der Waals surface area contributed by atoms with E-state index in [1.54, 1.807) is 48.5 Å². The molecule has 3 atom stereocenters. The fourth-order valence-corrected chi connectivity index (χ4v) is 6.07. The molecular formula is C17H18ClNO3S. The third kappa shape index (κ3) is 2.58. The molecule has 0 radical (unpaired) electrons. The molecule has 3 N–H and O–H groups in total. The molecule has 0 heterocycles. The summed E-state index contributed by atoms with van der Waals surface area (Å²) in [4.78, 5) is 0.251. The van der Waals surface area contributed by atoms with Crippen molar-refractivity contribution >= 4 is 21.4 Å². The first-order valence-electron chi connectivity index (χ1n) is 7.33. The number of rotatable bonds is 5. The fraction of sp³-hybridized carbons (Fsp3) is 0.294. The quantitative estimate of drug-likeness (QED) is 0.865. The Kier molecular flexibility index (Phi) is 4.23. The van der Waals surface area contributed by atoms with E-state index in [4.69, 9.17) is 17.3 Å². The molecule has 0 spiro atoms. The molecule has 1 saturated carbocycles. The second-order valence-electron chi connectivity index (χ2n) is 5.91. The van der Waals surface area contributed by atoms with E-state index in [-0.39, 0.29) is 24.0 Å². The summed E-state index contributed by atoms with van der Waals surface area (Å²) in [5.74, 6) is -0.360. The average Bonchev–Trinajstić information content (AvgIpc) is 3.26. The second kappa shape index (κ2) is 5.91. The first-order chi connectivity index (χ1) is 11.0. The summed E-state index contributed by atoms with van der Waals surface area (Å²) in [5, 5.41) is 9.65. The standard InChI is InChI=1S/C17H18ClNO3S/c18-13-6-4-5-12(9-13)15-16(17(15,10-19)11-20)23(21,22)14-7-2-1-3-8-14/h1-9,15-16,20H,10-11,19H2/t15-,16-,17-/m0/s1. The molecule has 0 aliphatic heterocycles. The topological polar surface area (TPSA) is 80.4 Å². The van der Waals surface area contributed by atoms with Crippen molar-refractivity contribution < 1.29 is 13.5 Å². The van der Waals surface area contributed by atoms with E-state index in [2.05, 4.69) is 0 Å². The van der Waals surface area contributed by atoms with Gasteiger partial charge in [0, 0.05) is 22.9 Å². The summed E-state index contributed by atoms with van der Waals surface area (Å²) < 4.78 is 26.0. The first-order valence-corrected chi connectivity index (χ1v) is 9.25. The van der Waals surface area contributed by atoms with Crippen LogP contribution in [0, 0.1) is 5.41 Å². The maximum atomic E-state index is 13.0. The van der Waals surface area contributed by atoms with Crippen LogP contribution in [-0.4, -0.2) is 31.9 Å². The lowest BCUT2D eigenvalue weighted by Crippen LogP contribution is -2.27. The molecule has 0 bridgehead atoms. The molecule has 0 aromatic heterocycles. The van der Waals surface area contributed by atoms with Crippen LogP contribution < -0.4 is 5.73 Å². The van der Waals surface area contributed by atoms with E-state index in [9.17, 15) is 13.5 Å². The number of benzene rings is 2. The average molecular weight is 352 g/mol. The highest BCUT2D eigenvalue weighted by atomic mass is 35.5. The summed E-state index contributed by atoms with van der Waals surface area (Å²) in [7, 11) is -3.59. The third-order valence-corrected chi connectivity index (χ3v) is 7.24. The Labute approximate surface area is 140 Å². The van der Waals surface area contributed by atoms with Gasteiger partial charge in [0.1, 0.15) is 0 Å². The van der Waals surface area contributed by atoms with Crippen LogP contribution in [0.5, 0.6) is 0 Å². The highest BCUT2D eigenvalue weighted by molar-refractivity contribution is 7.92. The van der Waals surface area contributed by atoms with E-state index in [0.29, 0.717) is 5.02 Å². The molecule has 3 rings (SSSR count). The van der Waals surface area contributed by atoms with Gasteiger partial charge in [0.15, 0.2) is 9.84 Å². The van der Waals surface area contributed by atoms with Gasteiger partial charge >= 0.3 is 0 Å². The summed E-state index contributed by atoms with van der Waals surface area (Å²) >= 11 is 6.03. The minimum Gasteiger partial charge on any atom is -0.396 e. The van der Waals surface area contributed by atoms with Gasteiger partial charge in [0.25, 0.3) is 0 Å². The Bertz CT molecular complexity index is 804. The molecule has 1 aliphatic rings. The Morgan fingerprint density at radius 3 is 2.39 bits per heavy atom. The van der Waals surface area contributed by atoms with Crippen molar-refractivity contribution in [3.63, 3.8) is 0 Å². The monoisotopic (exact) mass is 351 g/mol. The van der Waals surface area contributed by atoms with Crippen molar-refractivity contribution in [2.45, 2.75) is 16.1 Å². The van der Waals surface area contributed by atoms with Crippen molar-refractivity contribution in [3.8, 4) is 0 Å². The molecule has 2 aromatic carbocycles. The van der Waals surface area contributed by atoms with Gasteiger partial charge in [-0.2, -0.15) is 0 Å². The second-order valence-corrected chi connectivity index (χ2v) is 8.41. The highest BCUT2D eigenvalue weighted by Crippen LogP contribution is 2.63. The lowest BCUT2D eigenvalue weighted by Gasteiger charge is -2.12. The van der Waals surface area contributed by atoms with Gasteiger partial charge in [-0.25, -0.2) is 8.42 Å². The number of halogens is 1. The zero-order chi connectivity index (χ0) is 16.7. The molecule has 0 saturated heterocycles.